The van der Waals surface area contributed by atoms with Crippen molar-refractivity contribution in [3.05, 3.63) is 23.0 Å². The molecular weight excluding hydrogens is 176 g/mol. The number of carbonyl (C=O) groups excluding carboxylic acids is 1. The van der Waals surface area contributed by atoms with Crippen LogP contribution < -0.4 is 0 Å². The predicted molar refractivity (Wildman–Crippen MR) is 55.3 cm³/mol. The highest BCUT2D eigenvalue weighted by molar-refractivity contribution is 5.98. The molecule has 0 radical (unpaired) electrons. The lowest BCUT2D eigenvalue weighted by Gasteiger charge is -2.08. The number of hydrogen-bond acceptors (Lipinski definition) is 3. The number of ketones is 1. The highest BCUT2D eigenvalue weighted by Gasteiger charge is 2.15. The van der Waals surface area contributed by atoms with Crippen LogP contribution in [0.4, 0.5) is 0 Å². The van der Waals surface area contributed by atoms with Crippen LogP contribution >= 0.6 is 0 Å². The molecule has 0 saturated carbocycles. The molecule has 0 bridgehead atoms. The maximum absolute atomic E-state index is 11.8. The molecule has 3 heteroatoms. The molecule has 0 aromatic carbocycles. The zero-order chi connectivity index (χ0) is 10.7. The molecule has 0 aliphatic heterocycles. The molecule has 1 rings (SSSR count). The van der Waals surface area contributed by atoms with Gasteiger partial charge in [-0.3, -0.25) is 4.79 Å². The fraction of sp³-hybridized carbons (Fsp3) is 0.545. The summed E-state index contributed by atoms with van der Waals surface area (Å²) in [6, 6.07) is 1.83. The number of aryl methyl sites for hydroxylation is 2. The maximum atomic E-state index is 11.8. The van der Waals surface area contributed by atoms with E-state index in [4.69, 9.17) is 0 Å². The maximum Gasteiger partial charge on any atom is 0.167 e. The van der Waals surface area contributed by atoms with Gasteiger partial charge in [-0.25, -0.2) is 0 Å². The van der Waals surface area contributed by atoms with E-state index >= 15 is 0 Å². The average molecular weight is 192 g/mol. The van der Waals surface area contributed by atoms with E-state index in [1.54, 1.807) is 0 Å². The molecule has 76 valence electrons. The van der Waals surface area contributed by atoms with Gasteiger partial charge in [-0.2, -0.15) is 10.2 Å². The first-order valence-corrected chi connectivity index (χ1v) is 4.93. The van der Waals surface area contributed by atoms with Crippen molar-refractivity contribution in [1.82, 2.24) is 10.2 Å². The van der Waals surface area contributed by atoms with Crippen LogP contribution in [-0.2, 0) is 6.42 Å². The van der Waals surface area contributed by atoms with Gasteiger partial charge in [-0.15, -0.1) is 0 Å². The van der Waals surface area contributed by atoms with Gasteiger partial charge in [0.05, 0.1) is 11.4 Å². The van der Waals surface area contributed by atoms with Gasteiger partial charge in [0.15, 0.2) is 5.78 Å². The van der Waals surface area contributed by atoms with Crippen LogP contribution in [0.3, 0.4) is 0 Å². The number of nitrogens with zero attached hydrogens (tertiary/aromatic N) is 2. The lowest BCUT2D eigenvalue weighted by atomic mass is 9.99. The zero-order valence-electron chi connectivity index (χ0n) is 9.16. The van der Waals surface area contributed by atoms with E-state index in [0.29, 0.717) is 0 Å². The minimum absolute atomic E-state index is 0.0175. The van der Waals surface area contributed by atoms with Crippen LogP contribution in [0.2, 0.25) is 0 Å². The number of Topliss-reactive ketones (excluding diaryl/α,β-unsaturated/α-hetero) is 1. The Bertz CT molecular complexity index is 345. The molecule has 0 atom stereocenters. The monoisotopic (exact) mass is 192 g/mol. The van der Waals surface area contributed by atoms with Crippen LogP contribution in [0.25, 0.3) is 0 Å². The van der Waals surface area contributed by atoms with Crippen molar-refractivity contribution in [3.63, 3.8) is 0 Å². The summed E-state index contributed by atoms with van der Waals surface area (Å²) in [4.78, 5) is 11.8. The van der Waals surface area contributed by atoms with Crippen LogP contribution in [0, 0.1) is 12.8 Å². The van der Waals surface area contributed by atoms with Crippen LogP contribution in [0.1, 0.15) is 42.5 Å². The first-order chi connectivity index (χ1) is 6.56. The van der Waals surface area contributed by atoms with Crippen molar-refractivity contribution < 1.29 is 4.79 Å². The van der Waals surface area contributed by atoms with Gasteiger partial charge in [0.1, 0.15) is 0 Å². The topological polar surface area (TPSA) is 42.9 Å². The van der Waals surface area contributed by atoms with Crippen LogP contribution in [-0.4, -0.2) is 16.0 Å². The Hall–Kier alpha value is -1.25. The second kappa shape index (κ2) is 4.31. The van der Waals surface area contributed by atoms with E-state index in [1.807, 2.05) is 33.8 Å². The molecule has 0 spiro atoms. The molecule has 1 aromatic heterocycles. The third kappa shape index (κ3) is 2.16. The Morgan fingerprint density at radius 2 is 2.07 bits per heavy atom. The molecule has 0 aliphatic rings. The van der Waals surface area contributed by atoms with Crippen molar-refractivity contribution in [2.45, 2.75) is 34.1 Å². The lowest BCUT2D eigenvalue weighted by molar-refractivity contribution is 0.0937. The minimum atomic E-state index is 0.0175. The van der Waals surface area contributed by atoms with E-state index in [9.17, 15) is 4.79 Å². The van der Waals surface area contributed by atoms with Crippen LogP contribution in [0.5, 0.6) is 0 Å². The Labute approximate surface area is 84.6 Å². The molecule has 1 aromatic rings. The van der Waals surface area contributed by atoms with Gasteiger partial charge in [0.25, 0.3) is 0 Å². The Balaban J connectivity index is 3.17. The van der Waals surface area contributed by atoms with Crippen molar-refractivity contribution in [3.8, 4) is 0 Å². The normalized spacial score (nSPS) is 10.6. The van der Waals surface area contributed by atoms with Gasteiger partial charge >= 0.3 is 0 Å². The number of rotatable bonds is 3. The number of aromatic nitrogens is 2. The smallest absolute Gasteiger partial charge is 0.167 e. The molecule has 1 heterocycles. The van der Waals surface area contributed by atoms with Crippen molar-refractivity contribution >= 4 is 5.78 Å². The fourth-order valence-corrected chi connectivity index (χ4v) is 1.30. The summed E-state index contributed by atoms with van der Waals surface area (Å²) in [5, 5.41) is 7.98. The van der Waals surface area contributed by atoms with Gasteiger partial charge in [0, 0.05) is 11.5 Å². The van der Waals surface area contributed by atoms with E-state index in [-0.39, 0.29) is 11.7 Å². The highest BCUT2D eigenvalue weighted by atomic mass is 16.1. The quantitative estimate of drug-likeness (QED) is 0.689. The molecule has 0 N–H and O–H groups in total. The third-order valence-corrected chi connectivity index (χ3v) is 2.12. The molecule has 0 fully saturated rings. The third-order valence-electron chi connectivity index (χ3n) is 2.12. The van der Waals surface area contributed by atoms with Crippen molar-refractivity contribution in [2.24, 2.45) is 5.92 Å². The van der Waals surface area contributed by atoms with E-state index < -0.39 is 0 Å². The van der Waals surface area contributed by atoms with E-state index in [1.165, 1.54) is 0 Å². The molecule has 0 saturated heterocycles. The van der Waals surface area contributed by atoms with Gasteiger partial charge < -0.3 is 0 Å². The van der Waals surface area contributed by atoms with Crippen molar-refractivity contribution in [2.75, 3.05) is 0 Å². The second-order valence-electron chi connectivity index (χ2n) is 3.72. The molecule has 0 unspecified atom stereocenters. The first kappa shape index (κ1) is 10.8. The first-order valence-electron chi connectivity index (χ1n) is 4.93. The number of hydrogen-bond donors (Lipinski definition) is 0. The fourth-order valence-electron chi connectivity index (χ4n) is 1.30. The summed E-state index contributed by atoms with van der Waals surface area (Å²) >= 11 is 0. The Kier molecular flexibility index (Phi) is 3.33. The summed E-state index contributed by atoms with van der Waals surface area (Å²) in [6.07, 6.45) is 0.751. The van der Waals surface area contributed by atoms with E-state index in [2.05, 4.69) is 10.2 Å². The SMILES string of the molecule is CCc1nnc(C)cc1C(=O)C(C)C. The summed E-state index contributed by atoms with van der Waals surface area (Å²) in [7, 11) is 0. The van der Waals surface area contributed by atoms with Gasteiger partial charge in [-0.1, -0.05) is 20.8 Å². The van der Waals surface area contributed by atoms with Crippen molar-refractivity contribution in [1.29, 1.82) is 0 Å². The standard InChI is InChI=1S/C11H16N2O/c1-5-10-9(11(14)7(2)3)6-8(4)12-13-10/h6-7H,5H2,1-4H3. The number of carbonyl (C=O) groups is 1. The summed E-state index contributed by atoms with van der Waals surface area (Å²) in [5.74, 6) is 0.170. The molecule has 0 amide bonds. The summed E-state index contributed by atoms with van der Waals surface area (Å²) < 4.78 is 0. The lowest BCUT2D eigenvalue weighted by Crippen LogP contribution is -2.12. The van der Waals surface area contributed by atoms with Gasteiger partial charge in [0.2, 0.25) is 0 Å². The van der Waals surface area contributed by atoms with Gasteiger partial charge in [-0.05, 0) is 19.4 Å². The molecule has 0 aliphatic carbocycles. The Morgan fingerprint density at radius 1 is 1.43 bits per heavy atom. The zero-order valence-corrected chi connectivity index (χ0v) is 9.16. The average Bonchev–Trinajstić information content (AvgIpc) is 2.16. The van der Waals surface area contributed by atoms with E-state index in [0.717, 1.165) is 23.4 Å². The molecule has 3 nitrogen and oxygen atoms in total. The van der Waals surface area contributed by atoms with Crippen LogP contribution in [0.15, 0.2) is 6.07 Å². The highest BCUT2D eigenvalue weighted by Crippen LogP contribution is 2.13. The summed E-state index contributed by atoms with van der Waals surface area (Å²) in [6.45, 7) is 7.63. The predicted octanol–water partition coefficient (Wildman–Crippen LogP) is 2.19. The second-order valence-corrected chi connectivity index (χ2v) is 3.72. The largest absolute Gasteiger partial charge is 0.294 e. The molecular formula is C11H16N2O. The minimum Gasteiger partial charge on any atom is -0.294 e. The molecule has 14 heavy (non-hydrogen) atoms. The Morgan fingerprint density at radius 3 is 2.57 bits per heavy atom. The summed E-state index contributed by atoms with van der Waals surface area (Å²) in [5.41, 5.74) is 2.33.